The van der Waals surface area contributed by atoms with E-state index in [0.29, 0.717) is 3.67 Å². The number of benzene rings is 7. The van der Waals surface area contributed by atoms with Gasteiger partial charge in [0.15, 0.2) is 0 Å². The van der Waals surface area contributed by atoms with E-state index in [1.54, 1.807) is 6.58 Å². The summed E-state index contributed by atoms with van der Waals surface area (Å²) in [5, 5.41) is 0. The van der Waals surface area contributed by atoms with Crippen LogP contribution in [0, 0.1) is 0 Å². The average molecular weight is 916 g/mol. The van der Waals surface area contributed by atoms with Crippen LogP contribution in [0.4, 0.5) is 0 Å². The normalized spacial score (nSPS) is 13.8. The van der Waals surface area contributed by atoms with Crippen molar-refractivity contribution in [1.82, 2.24) is 0 Å². The molecule has 7 aromatic rings. The van der Waals surface area contributed by atoms with Crippen molar-refractivity contribution in [2.45, 2.75) is 62.5 Å². The molecule has 0 spiro atoms. The molecule has 0 bridgehead atoms. The molecule has 0 amide bonds. The summed E-state index contributed by atoms with van der Waals surface area (Å²) in [5.74, 6) is 0. The van der Waals surface area contributed by atoms with Gasteiger partial charge in [-0.25, -0.2) is 0 Å². The fraction of sp³-hybridized carbons (Fsp3) is 0.175. The Morgan fingerprint density at radius 3 is 1.29 bits per heavy atom. The topological polar surface area (TPSA) is 0 Å². The van der Waals surface area contributed by atoms with Gasteiger partial charge in [0.25, 0.3) is 0 Å². The Bertz CT molecular complexity index is 2550. The van der Waals surface area contributed by atoms with Crippen LogP contribution in [0.15, 0.2) is 191 Å². The van der Waals surface area contributed by atoms with Crippen molar-refractivity contribution < 1.29 is 21.0 Å². The van der Waals surface area contributed by atoms with Crippen LogP contribution in [0.2, 0.25) is 0 Å². The molecule has 0 unspecified atom stereocenters. The molecule has 9 rings (SSSR count). The molecule has 0 saturated carbocycles. The van der Waals surface area contributed by atoms with E-state index >= 15 is 0 Å². The quantitative estimate of drug-likeness (QED) is 0.140. The van der Waals surface area contributed by atoms with Crippen LogP contribution < -0.4 is 0 Å². The molecule has 0 aromatic heterocycles. The van der Waals surface area contributed by atoms with Gasteiger partial charge < -0.3 is 0 Å². The Balaban J connectivity index is 1.41. The number of fused-ring (bicyclic) bond motifs is 3. The molecular formula is C57H52Hf. The molecule has 0 nitrogen and oxygen atoms in total. The number of hydrogen-bond acceptors (Lipinski definition) is 0. The Morgan fingerprint density at radius 1 is 0.448 bits per heavy atom. The van der Waals surface area contributed by atoms with Gasteiger partial charge in [0.2, 0.25) is 0 Å². The molecule has 7 aromatic carbocycles. The van der Waals surface area contributed by atoms with Gasteiger partial charge >= 0.3 is 356 Å². The number of hydrogen-bond donors (Lipinski definition) is 0. The molecule has 0 saturated heterocycles. The SMILES string of the molecule is CC(C)(C)c1ccc2c(c1)[CH]([Hf]([C]1=C(c3cc(-c4ccccc4)cc(-c4ccccc4)c3)C=CC1)=[C](c1ccccc1)c1ccccc1)c1cc(C(C)(C)C)ccc1-2. The Morgan fingerprint density at radius 2 is 0.862 bits per heavy atom. The monoisotopic (exact) mass is 916 g/mol. The van der Waals surface area contributed by atoms with Crippen molar-refractivity contribution in [3.05, 3.63) is 230 Å². The first-order valence-electron chi connectivity index (χ1n) is 20.9. The van der Waals surface area contributed by atoms with E-state index < -0.39 is 21.0 Å². The Hall–Kier alpha value is -5.24. The van der Waals surface area contributed by atoms with Crippen molar-refractivity contribution in [3.8, 4) is 33.4 Å². The van der Waals surface area contributed by atoms with Crippen molar-refractivity contribution in [2.24, 2.45) is 0 Å². The molecular weight excluding hydrogens is 863 g/mol. The first-order valence-corrected chi connectivity index (χ1v) is 26.5. The summed E-state index contributed by atoms with van der Waals surface area (Å²) in [4.78, 5) is 0. The second kappa shape index (κ2) is 15.5. The predicted molar refractivity (Wildman–Crippen MR) is 245 cm³/mol. The zero-order chi connectivity index (χ0) is 40.0. The van der Waals surface area contributed by atoms with Gasteiger partial charge in [0, 0.05) is 0 Å². The first-order chi connectivity index (χ1) is 28.0. The maximum atomic E-state index is 2.61. The Kier molecular flexibility index (Phi) is 10.2. The van der Waals surface area contributed by atoms with Crippen molar-refractivity contribution in [2.75, 3.05) is 0 Å². The van der Waals surface area contributed by atoms with E-state index in [-0.39, 0.29) is 10.8 Å². The minimum atomic E-state index is -3.40. The van der Waals surface area contributed by atoms with Crippen LogP contribution in [-0.2, 0) is 31.8 Å². The fourth-order valence-electron chi connectivity index (χ4n) is 9.07. The van der Waals surface area contributed by atoms with Gasteiger partial charge in [-0.05, 0) is 0 Å². The van der Waals surface area contributed by atoms with E-state index in [1.165, 1.54) is 77.9 Å². The van der Waals surface area contributed by atoms with E-state index in [1.807, 2.05) is 0 Å². The second-order valence-electron chi connectivity index (χ2n) is 18.1. The summed E-state index contributed by atoms with van der Waals surface area (Å²) >= 11 is -3.40. The molecule has 58 heavy (non-hydrogen) atoms. The van der Waals surface area contributed by atoms with Crippen molar-refractivity contribution >= 4 is 8.83 Å². The van der Waals surface area contributed by atoms with Crippen LogP contribution in [0.3, 0.4) is 0 Å². The van der Waals surface area contributed by atoms with E-state index in [9.17, 15) is 0 Å². The first kappa shape index (κ1) is 38.3. The van der Waals surface area contributed by atoms with Gasteiger partial charge in [0.05, 0.1) is 0 Å². The van der Waals surface area contributed by atoms with Crippen LogP contribution in [-0.4, -0.2) is 3.26 Å². The molecule has 0 aliphatic heterocycles. The zero-order valence-corrected chi connectivity index (χ0v) is 38.3. The molecule has 0 atom stereocenters. The summed E-state index contributed by atoms with van der Waals surface area (Å²) in [6, 6.07) is 66.9. The summed E-state index contributed by atoms with van der Waals surface area (Å²) in [6.07, 6.45) is 5.92. The van der Waals surface area contributed by atoms with Crippen LogP contribution in [0.5, 0.6) is 0 Å². The number of rotatable bonds is 7. The van der Waals surface area contributed by atoms with Crippen molar-refractivity contribution in [1.29, 1.82) is 0 Å². The summed E-state index contributed by atoms with van der Waals surface area (Å²) in [5.41, 5.74) is 19.3. The van der Waals surface area contributed by atoms with E-state index in [2.05, 4.69) is 230 Å². The summed E-state index contributed by atoms with van der Waals surface area (Å²) < 4.78 is 3.59. The molecule has 0 N–H and O–H groups in total. The van der Waals surface area contributed by atoms with Gasteiger partial charge in [-0.2, -0.15) is 0 Å². The van der Waals surface area contributed by atoms with Crippen molar-refractivity contribution in [3.63, 3.8) is 0 Å². The fourth-order valence-corrected chi connectivity index (χ4v) is 22.9. The van der Waals surface area contributed by atoms with Crippen LogP contribution in [0.25, 0.3) is 39.0 Å². The molecule has 2 aliphatic rings. The molecule has 284 valence electrons. The van der Waals surface area contributed by atoms with Gasteiger partial charge in [-0.1, -0.05) is 0 Å². The van der Waals surface area contributed by atoms with Crippen LogP contribution in [0.1, 0.15) is 90.6 Å². The molecule has 0 fully saturated rings. The number of allylic oxidation sites excluding steroid dienone is 4. The van der Waals surface area contributed by atoms with Gasteiger partial charge in [0.1, 0.15) is 0 Å². The van der Waals surface area contributed by atoms with Gasteiger partial charge in [-0.3, -0.25) is 0 Å². The minimum absolute atomic E-state index is 0.0345. The third-order valence-corrected chi connectivity index (χ3v) is 24.5. The van der Waals surface area contributed by atoms with E-state index in [4.69, 9.17) is 0 Å². The third kappa shape index (κ3) is 7.35. The Labute approximate surface area is 353 Å². The third-order valence-electron chi connectivity index (χ3n) is 12.1. The van der Waals surface area contributed by atoms with E-state index in [0.717, 1.165) is 6.42 Å². The molecule has 1 heteroatoms. The van der Waals surface area contributed by atoms with Gasteiger partial charge in [-0.15, -0.1) is 0 Å². The summed E-state index contributed by atoms with van der Waals surface area (Å²) in [7, 11) is 0. The molecule has 2 aliphatic carbocycles. The molecule has 0 heterocycles. The molecule has 0 radical (unpaired) electrons. The second-order valence-corrected chi connectivity index (χ2v) is 27.1. The van der Waals surface area contributed by atoms with Crippen LogP contribution >= 0.6 is 0 Å². The maximum absolute atomic E-state index is 3.40. The predicted octanol–water partition coefficient (Wildman–Crippen LogP) is 14.9. The summed E-state index contributed by atoms with van der Waals surface area (Å²) in [6.45, 7) is 14.2. The zero-order valence-electron chi connectivity index (χ0n) is 34.7. The standard InChI is InChI=1S/C23H17.C21H25.C13H10.Hf/c1-3-9-18(10-4-1)21-15-22(19-11-5-2-6-12-19)17-23(16-21)20-13-7-8-14-20;1-20(2,3)16-7-9-18-14(12-16)11-15-13-17(21(4,5)6)8-10-19(15)18;1-3-7-12(8-4-1)11-13-9-5-2-6-10-13;/h1-7,9-13,15-17H,8H2;7-13H,1-6H3;1-10H;. The average Bonchev–Trinajstić information content (AvgIpc) is 3.86.